The number of aromatic nitrogens is 1. The number of aromatic amines is 1. The Balaban J connectivity index is 1.65. The fourth-order valence-corrected chi connectivity index (χ4v) is 3.01. The number of fused-ring (bicyclic) bond motifs is 1. The van der Waals surface area contributed by atoms with Gasteiger partial charge in [0.1, 0.15) is 0 Å². The van der Waals surface area contributed by atoms with Crippen LogP contribution in [0.2, 0.25) is 5.02 Å². The molecule has 0 amide bonds. The Morgan fingerprint density at radius 2 is 2.05 bits per heavy atom. The van der Waals surface area contributed by atoms with Crippen LogP contribution in [-0.4, -0.2) is 22.2 Å². The van der Waals surface area contributed by atoms with Crippen molar-refractivity contribution in [1.82, 2.24) is 10.3 Å². The van der Waals surface area contributed by atoms with E-state index in [1.54, 1.807) is 0 Å². The normalized spacial score (nSPS) is 23.9. The third kappa shape index (κ3) is 2.94. The molecule has 0 saturated heterocycles. The first kappa shape index (κ1) is 13.0. The Kier molecular flexibility index (Phi) is 3.78. The standard InChI is InChI=1S/C15H19ClN2O/c16-11-1-6-14-10(9-18-15(14)7-11)8-17-12-2-4-13(19)5-3-12/h1,6-7,9,12-13,17-19H,2-5,8H2. The average molecular weight is 279 g/mol. The van der Waals surface area contributed by atoms with Crippen LogP contribution in [0.25, 0.3) is 10.9 Å². The maximum absolute atomic E-state index is 9.50. The van der Waals surface area contributed by atoms with Crippen molar-refractivity contribution < 1.29 is 5.11 Å². The number of aliphatic hydroxyl groups excluding tert-OH is 1. The van der Waals surface area contributed by atoms with Crippen molar-refractivity contribution in [2.24, 2.45) is 0 Å². The summed E-state index contributed by atoms with van der Waals surface area (Å²) in [5.74, 6) is 0. The lowest BCUT2D eigenvalue weighted by Crippen LogP contribution is -2.34. The summed E-state index contributed by atoms with van der Waals surface area (Å²) in [5.41, 5.74) is 2.36. The lowest BCUT2D eigenvalue weighted by molar-refractivity contribution is 0.116. The highest BCUT2D eigenvalue weighted by molar-refractivity contribution is 6.31. The monoisotopic (exact) mass is 278 g/mol. The minimum atomic E-state index is -0.0896. The zero-order chi connectivity index (χ0) is 13.2. The molecule has 1 fully saturated rings. The van der Waals surface area contributed by atoms with Crippen LogP contribution in [0, 0.1) is 0 Å². The van der Waals surface area contributed by atoms with Gasteiger partial charge in [0.25, 0.3) is 0 Å². The first-order valence-corrected chi connectivity index (χ1v) is 7.27. The zero-order valence-corrected chi connectivity index (χ0v) is 11.6. The van der Waals surface area contributed by atoms with Crippen molar-refractivity contribution in [2.75, 3.05) is 0 Å². The predicted molar refractivity (Wildman–Crippen MR) is 78.4 cm³/mol. The summed E-state index contributed by atoms with van der Waals surface area (Å²) in [7, 11) is 0. The van der Waals surface area contributed by atoms with Crippen LogP contribution < -0.4 is 5.32 Å². The molecule has 102 valence electrons. The molecule has 0 unspecified atom stereocenters. The third-order valence-corrected chi connectivity index (χ3v) is 4.24. The van der Waals surface area contributed by atoms with E-state index in [-0.39, 0.29) is 6.10 Å². The maximum atomic E-state index is 9.50. The van der Waals surface area contributed by atoms with Gasteiger partial charge >= 0.3 is 0 Å². The molecule has 1 aromatic carbocycles. The third-order valence-electron chi connectivity index (χ3n) is 4.01. The van der Waals surface area contributed by atoms with Gasteiger partial charge in [-0.2, -0.15) is 0 Å². The van der Waals surface area contributed by atoms with E-state index >= 15 is 0 Å². The molecule has 3 N–H and O–H groups in total. The molecule has 1 heterocycles. The molecule has 0 spiro atoms. The molecule has 0 radical (unpaired) electrons. The Morgan fingerprint density at radius 1 is 1.26 bits per heavy atom. The molecule has 3 rings (SSSR count). The van der Waals surface area contributed by atoms with Crippen molar-refractivity contribution in [3.8, 4) is 0 Å². The maximum Gasteiger partial charge on any atom is 0.0541 e. The average Bonchev–Trinajstić information content (AvgIpc) is 2.80. The highest BCUT2D eigenvalue weighted by Gasteiger charge is 2.18. The van der Waals surface area contributed by atoms with E-state index in [0.29, 0.717) is 6.04 Å². The first-order valence-electron chi connectivity index (χ1n) is 6.89. The molecule has 1 aliphatic rings. The van der Waals surface area contributed by atoms with Crippen LogP contribution in [0.15, 0.2) is 24.4 Å². The summed E-state index contributed by atoms with van der Waals surface area (Å²) in [6.07, 6.45) is 5.92. The number of rotatable bonds is 3. The van der Waals surface area contributed by atoms with Crippen LogP contribution in [0.5, 0.6) is 0 Å². The van der Waals surface area contributed by atoms with Crippen LogP contribution >= 0.6 is 11.6 Å². The van der Waals surface area contributed by atoms with Gasteiger partial charge in [0, 0.05) is 34.7 Å². The summed E-state index contributed by atoms with van der Waals surface area (Å²) >= 11 is 5.98. The van der Waals surface area contributed by atoms with Crippen LogP contribution in [0.4, 0.5) is 0 Å². The van der Waals surface area contributed by atoms with Gasteiger partial charge in [-0.25, -0.2) is 0 Å². The summed E-state index contributed by atoms with van der Waals surface area (Å²) in [4.78, 5) is 3.26. The largest absolute Gasteiger partial charge is 0.393 e. The van der Waals surface area contributed by atoms with Crippen molar-refractivity contribution in [3.05, 3.63) is 35.0 Å². The highest BCUT2D eigenvalue weighted by Crippen LogP contribution is 2.23. The predicted octanol–water partition coefficient (Wildman–Crippen LogP) is 3.21. The van der Waals surface area contributed by atoms with E-state index in [0.717, 1.165) is 42.8 Å². The van der Waals surface area contributed by atoms with Gasteiger partial charge in [-0.15, -0.1) is 0 Å². The van der Waals surface area contributed by atoms with Crippen LogP contribution in [-0.2, 0) is 6.54 Å². The first-order chi connectivity index (χ1) is 9.22. The van der Waals surface area contributed by atoms with Gasteiger partial charge in [-0.3, -0.25) is 0 Å². The second-order valence-electron chi connectivity index (χ2n) is 5.39. The fourth-order valence-electron chi connectivity index (χ4n) is 2.84. The second kappa shape index (κ2) is 5.53. The fraction of sp³-hybridized carbons (Fsp3) is 0.467. The number of hydrogen-bond donors (Lipinski definition) is 3. The number of H-pyrrole nitrogens is 1. The molecule has 0 atom stereocenters. The molecule has 1 aromatic heterocycles. The SMILES string of the molecule is OC1CCC(NCc2c[nH]c3cc(Cl)ccc23)CC1. The minimum Gasteiger partial charge on any atom is -0.393 e. The van der Waals surface area contributed by atoms with Crippen molar-refractivity contribution in [1.29, 1.82) is 0 Å². The Bertz CT molecular complexity index is 558. The molecule has 19 heavy (non-hydrogen) atoms. The summed E-state index contributed by atoms with van der Waals surface area (Å²) < 4.78 is 0. The lowest BCUT2D eigenvalue weighted by Gasteiger charge is -2.26. The van der Waals surface area contributed by atoms with E-state index < -0.39 is 0 Å². The minimum absolute atomic E-state index is 0.0896. The molecular weight excluding hydrogens is 260 g/mol. The Morgan fingerprint density at radius 3 is 2.84 bits per heavy atom. The van der Waals surface area contributed by atoms with Gasteiger partial charge in [-0.1, -0.05) is 17.7 Å². The van der Waals surface area contributed by atoms with E-state index in [1.165, 1.54) is 10.9 Å². The molecule has 0 aliphatic heterocycles. The summed E-state index contributed by atoms with van der Waals surface area (Å²) in [6.45, 7) is 0.863. The van der Waals surface area contributed by atoms with Gasteiger partial charge in [-0.05, 0) is 43.4 Å². The van der Waals surface area contributed by atoms with E-state index in [4.69, 9.17) is 11.6 Å². The van der Waals surface area contributed by atoms with Crippen LogP contribution in [0.3, 0.4) is 0 Å². The van der Waals surface area contributed by atoms with Crippen LogP contribution in [0.1, 0.15) is 31.2 Å². The number of hydrogen-bond acceptors (Lipinski definition) is 2. The highest BCUT2D eigenvalue weighted by atomic mass is 35.5. The Labute approximate surface area is 118 Å². The molecule has 2 aromatic rings. The van der Waals surface area contributed by atoms with Gasteiger partial charge in [0.2, 0.25) is 0 Å². The number of nitrogens with one attached hydrogen (secondary N) is 2. The molecule has 1 aliphatic carbocycles. The van der Waals surface area contributed by atoms with Crippen molar-refractivity contribution in [2.45, 2.75) is 44.4 Å². The van der Waals surface area contributed by atoms with Gasteiger partial charge in [0.05, 0.1) is 6.10 Å². The molecule has 3 nitrogen and oxygen atoms in total. The van der Waals surface area contributed by atoms with Crippen molar-refractivity contribution in [3.63, 3.8) is 0 Å². The number of benzene rings is 1. The van der Waals surface area contributed by atoms with Crippen molar-refractivity contribution >= 4 is 22.5 Å². The van der Waals surface area contributed by atoms with E-state index in [1.807, 2.05) is 18.3 Å². The molecule has 0 bridgehead atoms. The molecular formula is C15H19ClN2O. The second-order valence-corrected chi connectivity index (χ2v) is 5.83. The summed E-state index contributed by atoms with van der Waals surface area (Å²) in [6, 6.07) is 6.48. The number of halogens is 1. The zero-order valence-electron chi connectivity index (χ0n) is 10.8. The van der Waals surface area contributed by atoms with E-state index in [9.17, 15) is 5.11 Å². The van der Waals surface area contributed by atoms with Gasteiger partial charge < -0.3 is 15.4 Å². The smallest absolute Gasteiger partial charge is 0.0541 e. The van der Waals surface area contributed by atoms with E-state index in [2.05, 4.69) is 16.4 Å². The lowest BCUT2D eigenvalue weighted by atomic mass is 9.93. The quantitative estimate of drug-likeness (QED) is 0.807. The molecule has 1 saturated carbocycles. The van der Waals surface area contributed by atoms with Gasteiger partial charge in [0.15, 0.2) is 0 Å². The topological polar surface area (TPSA) is 48.0 Å². The Hall–Kier alpha value is -1.03. The number of aliphatic hydroxyl groups is 1. The summed E-state index contributed by atoms with van der Waals surface area (Å²) in [5, 5.41) is 15.1. The molecule has 4 heteroatoms.